The lowest BCUT2D eigenvalue weighted by molar-refractivity contribution is 0.250. The summed E-state index contributed by atoms with van der Waals surface area (Å²) in [5.74, 6) is 0. The van der Waals surface area contributed by atoms with Gasteiger partial charge in [-0.3, -0.25) is 0 Å². The molecule has 1 aromatic carbocycles. The average molecular weight is 276 g/mol. The van der Waals surface area contributed by atoms with Crippen LogP contribution in [-0.2, 0) is 10.0 Å². The van der Waals surface area contributed by atoms with E-state index in [9.17, 15) is 8.42 Å². The SMILES string of the molecule is O=S(=O)(c1ccccc1Cl)N(CCO)C1CC1. The van der Waals surface area contributed by atoms with Crippen molar-refractivity contribution in [3.05, 3.63) is 29.3 Å². The largest absolute Gasteiger partial charge is 0.395 e. The number of benzene rings is 1. The van der Waals surface area contributed by atoms with Crippen LogP contribution < -0.4 is 0 Å². The van der Waals surface area contributed by atoms with E-state index >= 15 is 0 Å². The molecule has 0 aromatic heterocycles. The zero-order chi connectivity index (χ0) is 12.5. The Labute approximate surface area is 106 Å². The second-order valence-electron chi connectivity index (χ2n) is 4.00. The van der Waals surface area contributed by atoms with Crippen molar-refractivity contribution < 1.29 is 13.5 Å². The Morgan fingerprint density at radius 1 is 1.35 bits per heavy atom. The van der Waals surface area contributed by atoms with Gasteiger partial charge in [0.05, 0.1) is 11.6 Å². The molecule has 2 rings (SSSR count). The summed E-state index contributed by atoms with van der Waals surface area (Å²) in [4.78, 5) is 0.113. The number of nitrogens with zero attached hydrogens (tertiary/aromatic N) is 1. The first-order chi connectivity index (χ1) is 8.07. The van der Waals surface area contributed by atoms with Crippen molar-refractivity contribution in [1.29, 1.82) is 0 Å². The lowest BCUT2D eigenvalue weighted by atomic mass is 10.4. The lowest BCUT2D eigenvalue weighted by Crippen LogP contribution is -2.35. The second-order valence-corrected chi connectivity index (χ2v) is 6.27. The number of hydrogen-bond donors (Lipinski definition) is 1. The predicted octanol–water partition coefficient (Wildman–Crippen LogP) is 1.49. The third-order valence-electron chi connectivity index (χ3n) is 2.70. The molecule has 0 atom stereocenters. The minimum absolute atomic E-state index is 0.0171. The molecule has 0 heterocycles. The van der Waals surface area contributed by atoms with E-state index < -0.39 is 10.0 Å². The predicted molar refractivity (Wildman–Crippen MR) is 65.5 cm³/mol. The van der Waals surface area contributed by atoms with E-state index in [0.717, 1.165) is 12.8 Å². The fourth-order valence-corrected chi connectivity index (χ4v) is 3.91. The van der Waals surface area contributed by atoms with Crippen LogP contribution in [0.1, 0.15) is 12.8 Å². The van der Waals surface area contributed by atoms with Crippen LogP contribution in [0.25, 0.3) is 0 Å². The topological polar surface area (TPSA) is 57.6 Å². The highest BCUT2D eigenvalue weighted by atomic mass is 35.5. The Morgan fingerprint density at radius 2 is 2.00 bits per heavy atom. The zero-order valence-corrected chi connectivity index (χ0v) is 10.8. The van der Waals surface area contributed by atoms with Gasteiger partial charge < -0.3 is 5.11 Å². The Hall–Kier alpha value is -0.620. The molecule has 4 nitrogen and oxygen atoms in total. The van der Waals surface area contributed by atoms with Gasteiger partial charge in [0.15, 0.2) is 0 Å². The highest BCUT2D eigenvalue weighted by molar-refractivity contribution is 7.89. The van der Waals surface area contributed by atoms with E-state index in [-0.39, 0.29) is 29.1 Å². The van der Waals surface area contributed by atoms with E-state index in [1.165, 1.54) is 10.4 Å². The second kappa shape index (κ2) is 4.94. The van der Waals surface area contributed by atoms with Crippen molar-refractivity contribution in [2.45, 2.75) is 23.8 Å². The van der Waals surface area contributed by atoms with Gasteiger partial charge in [0, 0.05) is 12.6 Å². The third kappa shape index (κ3) is 2.63. The Bertz CT molecular complexity index is 499. The standard InChI is InChI=1S/C11H14ClNO3S/c12-10-3-1-2-4-11(10)17(15,16)13(7-8-14)9-5-6-9/h1-4,9,14H,5-8H2. The number of rotatable bonds is 5. The maximum absolute atomic E-state index is 12.4. The van der Waals surface area contributed by atoms with Crippen molar-refractivity contribution in [2.24, 2.45) is 0 Å². The van der Waals surface area contributed by atoms with Gasteiger partial charge in [-0.15, -0.1) is 0 Å². The minimum Gasteiger partial charge on any atom is -0.395 e. The molecule has 0 unspecified atom stereocenters. The van der Waals surface area contributed by atoms with Crippen LogP contribution >= 0.6 is 11.6 Å². The van der Waals surface area contributed by atoms with Crippen LogP contribution in [-0.4, -0.2) is 37.0 Å². The first-order valence-corrected chi connectivity index (χ1v) is 7.26. The van der Waals surface area contributed by atoms with Gasteiger partial charge in [0.1, 0.15) is 4.90 Å². The summed E-state index contributed by atoms with van der Waals surface area (Å²) < 4.78 is 26.1. The molecule has 0 amide bonds. The van der Waals surface area contributed by atoms with E-state index in [1.807, 2.05) is 0 Å². The summed E-state index contributed by atoms with van der Waals surface area (Å²) in [7, 11) is -3.59. The average Bonchev–Trinajstić information content (AvgIpc) is 3.10. The Morgan fingerprint density at radius 3 is 2.53 bits per heavy atom. The van der Waals surface area contributed by atoms with Gasteiger partial charge in [-0.1, -0.05) is 23.7 Å². The van der Waals surface area contributed by atoms with Crippen LogP contribution in [0.2, 0.25) is 5.02 Å². The summed E-state index contributed by atoms with van der Waals surface area (Å²) in [6, 6.07) is 6.39. The Balaban J connectivity index is 2.37. The molecule has 0 saturated heterocycles. The molecule has 1 aliphatic carbocycles. The maximum atomic E-state index is 12.4. The van der Waals surface area contributed by atoms with Crippen LogP contribution in [0, 0.1) is 0 Å². The fourth-order valence-electron chi connectivity index (χ4n) is 1.74. The Kier molecular flexibility index (Phi) is 3.73. The van der Waals surface area contributed by atoms with Crippen LogP contribution in [0.4, 0.5) is 0 Å². The van der Waals surface area contributed by atoms with Crippen molar-refractivity contribution in [3.63, 3.8) is 0 Å². The number of aliphatic hydroxyl groups excluding tert-OH is 1. The molecular weight excluding hydrogens is 262 g/mol. The van der Waals surface area contributed by atoms with Crippen molar-refractivity contribution in [3.8, 4) is 0 Å². The monoisotopic (exact) mass is 275 g/mol. The molecule has 1 aliphatic rings. The van der Waals surface area contributed by atoms with E-state index in [4.69, 9.17) is 16.7 Å². The molecule has 0 bridgehead atoms. The number of aliphatic hydroxyl groups is 1. The number of halogens is 1. The molecule has 1 fully saturated rings. The van der Waals surface area contributed by atoms with Crippen molar-refractivity contribution in [1.82, 2.24) is 4.31 Å². The highest BCUT2D eigenvalue weighted by Crippen LogP contribution is 2.33. The van der Waals surface area contributed by atoms with Crippen LogP contribution in [0.15, 0.2) is 29.2 Å². The summed E-state index contributed by atoms with van der Waals surface area (Å²) >= 11 is 5.91. The summed E-state index contributed by atoms with van der Waals surface area (Å²) in [6.07, 6.45) is 1.70. The summed E-state index contributed by atoms with van der Waals surface area (Å²) in [5, 5.41) is 9.17. The van der Waals surface area contributed by atoms with Gasteiger partial charge >= 0.3 is 0 Å². The van der Waals surface area contributed by atoms with Crippen LogP contribution in [0.5, 0.6) is 0 Å². The van der Waals surface area contributed by atoms with Gasteiger partial charge in [0.2, 0.25) is 10.0 Å². The van der Waals surface area contributed by atoms with Crippen molar-refractivity contribution >= 4 is 21.6 Å². The molecule has 0 spiro atoms. The normalized spacial score (nSPS) is 16.4. The van der Waals surface area contributed by atoms with Crippen molar-refractivity contribution in [2.75, 3.05) is 13.2 Å². The molecule has 1 N–H and O–H groups in total. The molecule has 94 valence electrons. The maximum Gasteiger partial charge on any atom is 0.244 e. The number of hydrogen-bond acceptors (Lipinski definition) is 3. The molecule has 0 aliphatic heterocycles. The highest BCUT2D eigenvalue weighted by Gasteiger charge is 2.38. The van der Waals surface area contributed by atoms with Crippen LogP contribution in [0.3, 0.4) is 0 Å². The molecule has 17 heavy (non-hydrogen) atoms. The summed E-state index contributed by atoms with van der Waals surface area (Å²) in [6.45, 7) is -0.0571. The third-order valence-corrected chi connectivity index (χ3v) is 5.15. The smallest absolute Gasteiger partial charge is 0.244 e. The van der Waals surface area contributed by atoms with Gasteiger partial charge in [-0.05, 0) is 25.0 Å². The first kappa shape index (κ1) is 12.8. The lowest BCUT2D eigenvalue weighted by Gasteiger charge is -2.21. The van der Waals surface area contributed by atoms with E-state index in [2.05, 4.69) is 0 Å². The fraction of sp³-hybridized carbons (Fsp3) is 0.455. The first-order valence-electron chi connectivity index (χ1n) is 5.44. The molecule has 0 radical (unpaired) electrons. The van der Waals surface area contributed by atoms with Gasteiger partial charge in [-0.25, -0.2) is 8.42 Å². The van der Waals surface area contributed by atoms with E-state index in [1.54, 1.807) is 18.2 Å². The minimum atomic E-state index is -3.59. The van der Waals surface area contributed by atoms with Gasteiger partial charge in [0.25, 0.3) is 0 Å². The molecule has 1 aromatic rings. The molecule has 6 heteroatoms. The van der Waals surface area contributed by atoms with Gasteiger partial charge in [-0.2, -0.15) is 4.31 Å². The van der Waals surface area contributed by atoms with E-state index in [0.29, 0.717) is 0 Å². The molecule has 1 saturated carbocycles. The summed E-state index contributed by atoms with van der Waals surface area (Å²) in [5.41, 5.74) is 0. The molecular formula is C11H14ClNO3S. The quantitative estimate of drug-likeness (QED) is 0.886. The number of sulfonamides is 1. The zero-order valence-electron chi connectivity index (χ0n) is 9.21.